The number of amides is 1. The van der Waals surface area contributed by atoms with Gasteiger partial charge in [0.1, 0.15) is 6.10 Å². The highest BCUT2D eigenvalue weighted by Gasteiger charge is 2.32. The molecule has 0 aliphatic carbocycles. The minimum absolute atomic E-state index is 0.0484. The second-order valence-electron chi connectivity index (χ2n) is 4.79. The molecule has 0 radical (unpaired) electrons. The fourth-order valence-electron chi connectivity index (χ4n) is 1.08. The minimum atomic E-state index is -1.38. The van der Waals surface area contributed by atoms with Crippen molar-refractivity contribution in [1.82, 2.24) is 5.32 Å². The van der Waals surface area contributed by atoms with Crippen molar-refractivity contribution in [2.24, 2.45) is 5.41 Å². The van der Waals surface area contributed by atoms with Crippen LogP contribution in [0.5, 0.6) is 0 Å². The average molecular weight is 275 g/mol. The molecule has 19 heavy (non-hydrogen) atoms. The summed E-state index contributed by atoms with van der Waals surface area (Å²) in [5, 5.41) is 21.0. The van der Waals surface area contributed by atoms with Crippen molar-refractivity contribution in [3.63, 3.8) is 0 Å². The van der Waals surface area contributed by atoms with Crippen LogP contribution in [0, 0.1) is 5.41 Å². The lowest BCUT2D eigenvalue weighted by Crippen LogP contribution is -2.46. The van der Waals surface area contributed by atoms with Crippen LogP contribution in [0.3, 0.4) is 0 Å². The van der Waals surface area contributed by atoms with E-state index in [1.54, 1.807) is 6.92 Å². The largest absolute Gasteiger partial charge is 0.396 e. The maximum Gasteiger partial charge on any atom is 0.315 e. The van der Waals surface area contributed by atoms with Gasteiger partial charge in [-0.2, -0.15) is 0 Å². The number of aliphatic hydroxyl groups is 2. The Kier molecular flexibility index (Phi) is 7.25. The first-order chi connectivity index (χ1) is 8.74. The Morgan fingerprint density at radius 3 is 2.32 bits per heavy atom. The molecule has 1 atom stereocenters. The molecule has 0 fully saturated rings. The Morgan fingerprint density at radius 1 is 1.26 bits per heavy atom. The molecule has 0 rings (SSSR count). The Balaban J connectivity index is 4.05. The highest BCUT2D eigenvalue weighted by Crippen LogP contribution is 2.19. The first-order valence-corrected chi connectivity index (χ1v) is 6.04. The van der Waals surface area contributed by atoms with Crippen LogP contribution in [0.15, 0.2) is 0 Å². The third-order valence-corrected chi connectivity index (χ3v) is 2.54. The van der Waals surface area contributed by atoms with Gasteiger partial charge in [0.2, 0.25) is 5.91 Å². The first-order valence-electron chi connectivity index (χ1n) is 6.04. The van der Waals surface area contributed by atoms with Gasteiger partial charge in [-0.1, -0.05) is 20.8 Å². The van der Waals surface area contributed by atoms with Crippen LogP contribution >= 0.6 is 0 Å². The maximum atomic E-state index is 11.5. The van der Waals surface area contributed by atoms with E-state index in [1.807, 2.05) is 0 Å². The monoisotopic (exact) mass is 275 g/mol. The zero-order chi connectivity index (χ0) is 15.1. The zero-order valence-corrected chi connectivity index (χ0v) is 11.4. The number of nitrogens with one attached hydrogen (secondary N) is 1. The normalized spacial score (nSPS) is 12.7. The van der Waals surface area contributed by atoms with E-state index < -0.39 is 29.4 Å². The molecule has 3 N–H and O–H groups in total. The van der Waals surface area contributed by atoms with Gasteiger partial charge in [0.25, 0.3) is 0 Å². The SMILES string of the molecule is CCC(=O)OC(=O)CCNC(=O)[C@H](O)C(C)(C)CO. The molecule has 7 nitrogen and oxygen atoms in total. The van der Waals surface area contributed by atoms with Gasteiger partial charge in [0.15, 0.2) is 0 Å². The van der Waals surface area contributed by atoms with Crippen molar-refractivity contribution in [1.29, 1.82) is 0 Å². The Hall–Kier alpha value is -1.47. The highest BCUT2D eigenvalue weighted by molar-refractivity contribution is 5.86. The van der Waals surface area contributed by atoms with Crippen LogP contribution in [-0.2, 0) is 19.1 Å². The number of hydrogen-bond donors (Lipinski definition) is 3. The van der Waals surface area contributed by atoms with Crippen molar-refractivity contribution in [3.8, 4) is 0 Å². The fourth-order valence-corrected chi connectivity index (χ4v) is 1.08. The standard InChI is InChI=1S/C12H21NO6/c1-4-8(15)19-9(16)5-6-13-11(18)10(17)12(2,3)7-14/h10,14,17H,4-7H2,1-3H3,(H,13,18)/t10-/m0/s1. The van der Waals surface area contributed by atoms with Crippen molar-refractivity contribution >= 4 is 17.8 Å². The molecule has 0 bridgehead atoms. The maximum absolute atomic E-state index is 11.5. The summed E-state index contributed by atoms with van der Waals surface area (Å²) in [5.41, 5.74) is -0.969. The Labute approximate surface area is 111 Å². The molecule has 0 unspecified atom stereocenters. The summed E-state index contributed by atoms with van der Waals surface area (Å²) in [6.45, 7) is 4.23. The van der Waals surface area contributed by atoms with Gasteiger partial charge in [-0.05, 0) is 0 Å². The van der Waals surface area contributed by atoms with Crippen molar-refractivity contribution < 1.29 is 29.3 Å². The molecule has 1 amide bonds. The smallest absolute Gasteiger partial charge is 0.315 e. The zero-order valence-electron chi connectivity index (χ0n) is 11.4. The highest BCUT2D eigenvalue weighted by atomic mass is 16.6. The lowest BCUT2D eigenvalue weighted by atomic mass is 9.87. The number of carbonyl (C=O) groups is 3. The van der Waals surface area contributed by atoms with Gasteiger partial charge in [0.05, 0.1) is 13.0 Å². The number of hydrogen-bond acceptors (Lipinski definition) is 6. The van der Waals surface area contributed by atoms with Gasteiger partial charge in [-0.3, -0.25) is 14.4 Å². The van der Waals surface area contributed by atoms with E-state index in [4.69, 9.17) is 5.11 Å². The number of carbonyl (C=O) groups excluding carboxylic acids is 3. The molecule has 7 heteroatoms. The van der Waals surface area contributed by atoms with E-state index in [0.717, 1.165) is 0 Å². The van der Waals surface area contributed by atoms with Crippen LogP contribution in [0.1, 0.15) is 33.6 Å². The number of esters is 2. The van der Waals surface area contributed by atoms with Gasteiger partial charge in [-0.25, -0.2) is 0 Å². The summed E-state index contributed by atoms with van der Waals surface area (Å²) in [4.78, 5) is 33.4. The molecule has 0 aromatic heterocycles. The van der Waals surface area contributed by atoms with E-state index in [9.17, 15) is 19.5 Å². The predicted octanol–water partition coefficient (Wildman–Crippen LogP) is -0.648. The first kappa shape index (κ1) is 17.5. The van der Waals surface area contributed by atoms with E-state index in [-0.39, 0.29) is 26.0 Å². The summed E-state index contributed by atoms with van der Waals surface area (Å²) in [7, 11) is 0. The molecule has 0 aliphatic heterocycles. The summed E-state index contributed by atoms with van der Waals surface area (Å²) in [6.07, 6.45) is -1.45. The molecule has 110 valence electrons. The topological polar surface area (TPSA) is 113 Å². The summed E-state index contributed by atoms with van der Waals surface area (Å²) in [6, 6.07) is 0. The molecule has 0 heterocycles. The summed E-state index contributed by atoms with van der Waals surface area (Å²) in [5.74, 6) is -2.05. The van der Waals surface area contributed by atoms with Crippen LogP contribution in [0.2, 0.25) is 0 Å². The third-order valence-electron chi connectivity index (χ3n) is 2.54. The summed E-state index contributed by atoms with van der Waals surface area (Å²) < 4.78 is 4.40. The van der Waals surface area contributed by atoms with Crippen molar-refractivity contribution in [2.45, 2.75) is 39.7 Å². The quantitative estimate of drug-likeness (QED) is 0.420. The fraction of sp³-hybridized carbons (Fsp3) is 0.750. The number of aliphatic hydroxyl groups excluding tert-OH is 2. The molecule has 0 aromatic rings. The molecule has 0 saturated heterocycles. The molecule has 0 aromatic carbocycles. The van der Waals surface area contributed by atoms with Crippen LogP contribution in [0.25, 0.3) is 0 Å². The molecule has 0 aliphatic rings. The second kappa shape index (κ2) is 7.85. The number of rotatable bonds is 7. The second-order valence-corrected chi connectivity index (χ2v) is 4.79. The van der Waals surface area contributed by atoms with Gasteiger partial charge in [-0.15, -0.1) is 0 Å². The molecule has 0 spiro atoms. The van der Waals surface area contributed by atoms with E-state index in [2.05, 4.69) is 10.1 Å². The van der Waals surface area contributed by atoms with Crippen LogP contribution in [-0.4, -0.2) is 47.3 Å². The van der Waals surface area contributed by atoms with Gasteiger partial charge >= 0.3 is 11.9 Å². The predicted molar refractivity (Wildman–Crippen MR) is 65.9 cm³/mol. The van der Waals surface area contributed by atoms with Crippen molar-refractivity contribution in [3.05, 3.63) is 0 Å². The summed E-state index contributed by atoms with van der Waals surface area (Å²) >= 11 is 0. The van der Waals surface area contributed by atoms with Gasteiger partial charge < -0.3 is 20.3 Å². The molecular weight excluding hydrogens is 254 g/mol. The average Bonchev–Trinajstić information content (AvgIpc) is 2.37. The molecular formula is C12H21NO6. The Bertz CT molecular complexity index is 339. The molecule has 0 saturated carbocycles. The van der Waals surface area contributed by atoms with E-state index in [0.29, 0.717) is 0 Å². The minimum Gasteiger partial charge on any atom is -0.396 e. The third kappa shape index (κ3) is 6.30. The van der Waals surface area contributed by atoms with E-state index in [1.165, 1.54) is 13.8 Å². The number of ether oxygens (including phenoxy) is 1. The Morgan fingerprint density at radius 2 is 1.84 bits per heavy atom. The van der Waals surface area contributed by atoms with Crippen LogP contribution in [0.4, 0.5) is 0 Å². The van der Waals surface area contributed by atoms with Crippen LogP contribution < -0.4 is 5.32 Å². The lowest BCUT2D eigenvalue weighted by molar-refractivity contribution is -0.159. The lowest BCUT2D eigenvalue weighted by Gasteiger charge is -2.27. The van der Waals surface area contributed by atoms with E-state index >= 15 is 0 Å². The van der Waals surface area contributed by atoms with Gasteiger partial charge in [0, 0.05) is 18.4 Å². The van der Waals surface area contributed by atoms with Crippen molar-refractivity contribution in [2.75, 3.05) is 13.2 Å².